The average molecular weight is 324 g/mol. The van der Waals surface area contributed by atoms with Gasteiger partial charge < -0.3 is 10.0 Å². The summed E-state index contributed by atoms with van der Waals surface area (Å²) in [5.41, 5.74) is 1.43. The Labute approximate surface area is 133 Å². The topological polar surface area (TPSA) is 49.2 Å². The van der Waals surface area contributed by atoms with Gasteiger partial charge in [0, 0.05) is 18.7 Å². The molecule has 1 N–H and O–H groups in total. The number of hydrogen-bond donors (Lipinski definition) is 1. The number of rotatable bonds is 2. The van der Waals surface area contributed by atoms with Crippen LogP contribution in [0.3, 0.4) is 0 Å². The van der Waals surface area contributed by atoms with Crippen LogP contribution >= 0.6 is 23.2 Å². The third kappa shape index (κ3) is 3.12. The molecule has 0 amide bonds. The minimum Gasteiger partial charge on any atom is -0.393 e. The van der Waals surface area contributed by atoms with Crippen LogP contribution in [0.15, 0.2) is 30.5 Å². The monoisotopic (exact) mass is 323 g/mol. The number of benzene rings is 1. The molecule has 1 aromatic heterocycles. The number of aliphatic hydroxyl groups is 1. The lowest BCUT2D eigenvalue weighted by Crippen LogP contribution is -2.36. The van der Waals surface area contributed by atoms with Crippen LogP contribution in [0.5, 0.6) is 0 Å². The van der Waals surface area contributed by atoms with Gasteiger partial charge in [0.1, 0.15) is 0 Å². The van der Waals surface area contributed by atoms with Gasteiger partial charge in [0.25, 0.3) is 0 Å². The highest BCUT2D eigenvalue weighted by molar-refractivity contribution is 6.36. The van der Waals surface area contributed by atoms with E-state index in [0.29, 0.717) is 21.7 Å². The van der Waals surface area contributed by atoms with Crippen LogP contribution in [-0.4, -0.2) is 34.3 Å². The highest BCUT2D eigenvalue weighted by Crippen LogP contribution is 2.32. The lowest BCUT2D eigenvalue weighted by atomic mass is 10.1. The SMILES string of the molecule is OC1CCN(c2ncc(Cl)c(-c3ccccc3Cl)n2)CC1. The van der Waals surface area contributed by atoms with Crippen molar-refractivity contribution in [2.45, 2.75) is 18.9 Å². The van der Waals surface area contributed by atoms with Gasteiger partial charge in [-0.3, -0.25) is 0 Å². The van der Waals surface area contributed by atoms with Crippen LogP contribution in [0, 0.1) is 0 Å². The smallest absolute Gasteiger partial charge is 0.225 e. The third-order valence-electron chi connectivity index (χ3n) is 3.61. The molecule has 0 aliphatic carbocycles. The lowest BCUT2D eigenvalue weighted by molar-refractivity contribution is 0.145. The number of aliphatic hydroxyl groups excluding tert-OH is 1. The van der Waals surface area contributed by atoms with Crippen molar-refractivity contribution >= 4 is 29.2 Å². The number of nitrogens with zero attached hydrogens (tertiary/aromatic N) is 3. The first-order chi connectivity index (χ1) is 10.1. The summed E-state index contributed by atoms with van der Waals surface area (Å²) in [4.78, 5) is 10.9. The summed E-state index contributed by atoms with van der Waals surface area (Å²) in [5.74, 6) is 0.626. The number of piperidine rings is 1. The van der Waals surface area contributed by atoms with E-state index < -0.39 is 0 Å². The van der Waals surface area contributed by atoms with Crippen LogP contribution in [0.1, 0.15) is 12.8 Å². The van der Waals surface area contributed by atoms with E-state index in [1.165, 1.54) is 0 Å². The van der Waals surface area contributed by atoms with Gasteiger partial charge in [0.15, 0.2) is 0 Å². The summed E-state index contributed by atoms with van der Waals surface area (Å²) in [5, 5.41) is 10.7. The van der Waals surface area contributed by atoms with Crippen molar-refractivity contribution in [2.24, 2.45) is 0 Å². The molecule has 6 heteroatoms. The maximum Gasteiger partial charge on any atom is 0.225 e. The third-order valence-corrected chi connectivity index (χ3v) is 4.21. The van der Waals surface area contributed by atoms with Crippen LogP contribution in [0.4, 0.5) is 5.95 Å². The molecule has 1 saturated heterocycles. The maximum absolute atomic E-state index is 9.58. The molecule has 1 aliphatic heterocycles. The summed E-state index contributed by atoms with van der Waals surface area (Å²) in [6.07, 6.45) is 2.84. The molecule has 1 fully saturated rings. The van der Waals surface area contributed by atoms with Gasteiger partial charge in [-0.25, -0.2) is 9.97 Å². The largest absolute Gasteiger partial charge is 0.393 e. The Morgan fingerprint density at radius 2 is 1.81 bits per heavy atom. The van der Waals surface area contributed by atoms with Crippen molar-refractivity contribution in [3.63, 3.8) is 0 Å². The predicted molar refractivity (Wildman–Crippen MR) is 84.9 cm³/mol. The first-order valence-corrected chi connectivity index (χ1v) is 7.61. The van der Waals surface area contributed by atoms with Crippen molar-refractivity contribution in [1.29, 1.82) is 0 Å². The second-order valence-electron chi connectivity index (χ2n) is 5.06. The molecular weight excluding hydrogens is 309 g/mol. The first-order valence-electron chi connectivity index (χ1n) is 6.85. The van der Waals surface area contributed by atoms with Crippen molar-refractivity contribution < 1.29 is 5.11 Å². The summed E-state index contributed by atoms with van der Waals surface area (Å²) in [7, 11) is 0. The van der Waals surface area contributed by atoms with Crippen LogP contribution in [0.25, 0.3) is 11.3 Å². The lowest BCUT2D eigenvalue weighted by Gasteiger charge is -2.29. The Morgan fingerprint density at radius 3 is 2.52 bits per heavy atom. The molecule has 0 unspecified atom stereocenters. The highest BCUT2D eigenvalue weighted by Gasteiger charge is 2.20. The zero-order chi connectivity index (χ0) is 14.8. The zero-order valence-electron chi connectivity index (χ0n) is 11.3. The maximum atomic E-state index is 9.58. The number of hydrogen-bond acceptors (Lipinski definition) is 4. The minimum absolute atomic E-state index is 0.225. The van der Waals surface area contributed by atoms with E-state index >= 15 is 0 Å². The van der Waals surface area contributed by atoms with E-state index in [1.807, 2.05) is 24.3 Å². The van der Waals surface area contributed by atoms with Gasteiger partial charge in [-0.05, 0) is 18.9 Å². The minimum atomic E-state index is -0.225. The standard InChI is InChI=1S/C15H15Cl2N3O/c16-12-4-2-1-3-11(12)14-13(17)9-18-15(19-14)20-7-5-10(21)6-8-20/h1-4,9-10,21H,5-8H2. The van der Waals surface area contributed by atoms with Crippen molar-refractivity contribution in [3.8, 4) is 11.3 Å². The highest BCUT2D eigenvalue weighted by atomic mass is 35.5. The van der Waals surface area contributed by atoms with Gasteiger partial charge in [0.2, 0.25) is 5.95 Å². The van der Waals surface area contributed by atoms with Crippen LogP contribution in [-0.2, 0) is 0 Å². The van der Waals surface area contributed by atoms with Crippen LogP contribution in [0.2, 0.25) is 10.0 Å². The van der Waals surface area contributed by atoms with E-state index in [0.717, 1.165) is 31.5 Å². The van der Waals surface area contributed by atoms with Gasteiger partial charge in [0.05, 0.1) is 28.0 Å². The van der Waals surface area contributed by atoms with E-state index in [2.05, 4.69) is 14.9 Å². The summed E-state index contributed by atoms with van der Waals surface area (Å²) >= 11 is 12.4. The molecule has 1 aromatic carbocycles. The molecule has 3 rings (SSSR count). The van der Waals surface area contributed by atoms with Gasteiger partial charge in [-0.1, -0.05) is 41.4 Å². The molecule has 4 nitrogen and oxygen atoms in total. The van der Waals surface area contributed by atoms with E-state index in [-0.39, 0.29) is 6.10 Å². The zero-order valence-corrected chi connectivity index (χ0v) is 12.8. The Morgan fingerprint density at radius 1 is 1.10 bits per heavy atom. The fourth-order valence-corrected chi connectivity index (χ4v) is 2.84. The normalized spacial score (nSPS) is 16.2. The molecule has 0 radical (unpaired) electrons. The summed E-state index contributed by atoms with van der Waals surface area (Å²) < 4.78 is 0. The fourth-order valence-electron chi connectivity index (χ4n) is 2.42. The number of aromatic nitrogens is 2. The van der Waals surface area contributed by atoms with Crippen molar-refractivity contribution in [3.05, 3.63) is 40.5 Å². The Bertz CT molecular complexity index is 643. The second kappa shape index (κ2) is 6.18. The molecule has 0 bridgehead atoms. The molecule has 0 saturated carbocycles. The number of halogens is 2. The Balaban J connectivity index is 1.95. The summed E-state index contributed by atoms with van der Waals surface area (Å²) in [6.45, 7) is 1.48. The van der Waals surface area contributed by atoms with Gasteiger partial charge in [-0.15, -0.1) is 0 Å². The molecule has 0 atom stereocenters. The fraction of sp³-hybridized carbons (Fsp3) is 0.333. The van der Waals surface area contributed by atoms with E-state index in [9.17, 15) is 5.11 Å². The predicted octanol–water partition coefficient (Wildman–Crippen LogP) is 3.41. The molecule has 0 spiro atoms. The summed E-state index contributed by atoms with van der Waals surface area (Å²) in [6, 6.07) is 7.47. The van der Waals surface area contributed by atoms with Crippen LogP contribution < -0.4 is 4.90 Å². The first kappa shape index (κ1) is 14.6. The van der Waals surface area contributed by atoms with Crippen molar-refractivity contribution in [2.75, 3.05) is 18.0 Å². The molecule has 21 heavy (non-hydrogen) atoms. The molecule has 110 valence electrons. The van der Waals surface area contributed by atoms with E-state index in [1.54, 1.807) is 6.20 Å². The molecule has 2 heterocycles. The van der Waals surface area contributed by atoms with Gasteiger partial charge >= 0.3 is 0 Å². The Kier molecular flexibility index (Phi) is 4.29. The molecule has 2 aromatic rings. The quantitative estimate of drug-likeness (QED) is 0.920. The Hall–Kier alpha value is -1.36. The van der Waals surface area contributed by atoms with Crippen molar-refractivity contribution in [1.82, 2.24) is 9.97 Å². The molecular formula is C15H15Cl2N3O. The second-order valence-corrected chi connectivity index (χ2v) is 5.88. The van der Waals surface area contributed by atoms with E-state index in [4.69, 9.17) is 23.2 Å². The molecule has 1 aliphatic rings. The van der Waals surface area contributed by atoms with Gasteiger partial charge in [-0.2, -0.15) is 0 Å². The average Bonchev–Trinajstić information content (AvgIpc) is 2.50. The number of anilines is 1.